The fourth-order valence-corrected chi connectivity index (χ4v) is 15.8. The van der Waals surface area contributed by atoms with Gasteiger partial charge < -0.3 is 102 Å². The van der Waals surface area contributed by atoms with Crippen LogP contribution >= 0.6 is 0 Å². The van der Waals surface area contributed by atoms with Crippen LogP contribution in [-0.4, -0.2) is 231 Å². The van der Waals surface area contributed by atoms with Crippen molar-refractivity contribution in [1.82, 2.24) is 4.98 Å². The van der Waals surface area contributed by atoms with Crippen molar-refractivity contribution in [2.45, 2.75) is 245 Å². The fourth-order valence-electron chi connectivity index (χ4n) is 15.8. The van der Waals surface area contributed by atoms with Gasteiger partial charge in [-0.1, -0.05) is 55.8 Å². The van der Waals surface area contributed by atoms with Crippen molar-refractivity contribution in [3.8, 4) is 0 Å². The van der Waals surface area contributed by atoms with E-state index in [2.05, 4.69) is 11.9 Å². The third-order valence-electron chi connectivity index (χ3n) is 20.9. The van der Waals surface area contributed by atoms with Crippen molar-refractivity contribution in [1.29, 1.82) is 0 Å². The standard InChI is InChI=1S/C63H89NO23/c1-32-52(85-47-28-41(76-8)53(33(2)79-47)86-58-51(70)55(77-9)54(34(3)80-58)87-57-50(69)49(68)48(67)42(31-65)83-57)40(75-7)27-46(78-32)82-39-20-21-59(5)38(26-39)19-22-62(73)43(59)29-44(84-56(71)37-16-13-25-64-30-37)60(6)61(72,23-24-63(60,62)74)35(4)81-45(66)18-17-36-14-11-10-12-15-36/h10-19,25,30,32-35,39-44,46-55,57-58,65,67-70,72-74H,20-24,26-29,31H2,1-9H3/b18-17+/t32-,33-,34-,35-,39+,40+,41+,42-,43?,44-,46+,47+,48-,49+,50-,51-,52-,53-,54-,55+,57+,58+,59+,60-,61-,62+,63-/m1/s1. The molecule has 0 bridgehead atoms. The molecule has 4 aliphatic carbocycles. The van der Waals surface area contributed by atoms with Gasteiger partial charge in [0, 0.05) is 58.6 Å². The monoisotopic (exact) mass is 1230 g/mol. The highest BCUT2D eigenvalue weighted by Crippen LogP contribution is 2.71. The van der Waals surface area contributed by atoms with Gasteiger partial charge in [0.2, 0.25) is 0 Å². The topological polar surface area (TPSA) is 329 Å². The number of carbonyl (C=O) groups is 2. The smallest absolute Gasteiger partial charge is 0.339 e. The number of aliphatic hydroxyl groups is 8. The first kappa shape index (κ1) is 66.0. The molecule has 2 aromatic rings. The van der Waals surface area contributed by atoms with Gasteiger partial charge in [-0.3, -0.25) is 4.98 Å². The van der Waals surface area contributed by atoms with Crippen molar-refractivity contribution in [2.24, 2.45) is 16.7 Å². The number of pyridine rings is 1. The number of nitrogens with zero attached hydrogens (tertiary/aromatic N) is 1. The number of fused-ring (bicyclic) bond motifs is 5. The first-order valence-corrected chi connectivity index (χ1v) is 30.4. The first-order valence-electron chi connectivity index (χ1n) is 30.4. The van der Waals surface area contributed by atoms with E-state index in [0.29, 0.717) is 25.7 Å². The molecule has 1 aromatic heterocycles. The van der Waals surface area contributed by atoms with E-state index in [1.807, 2.05) is 43.3 Å². The molecule has 8 N–H and O–H groups in total. The van der Waals surface area contributed by atoms with Gasteiger partial charge >= 0.3 is 11.9 Å². The molecule has 10 rings (SSSR count). The van der Waals surface area contributed by atoms with E-state index in [4.69, 9.17) is 61.6 Å². The van der Waals surface area contributed by atoms with Crippen LogP contribution in [0, 0.1) is 16.7 Å². The molecule has 1 aromatic carbocycles. The molecular formula is C63H89NO23. The van der Waals surface area contributed by atoms with Crippen LogP contribution in [0.25, 0.3) is 6.08 Å². The summed E-state index contributed by atoms with van der Waals surface area (Å²) in [6.45, 7) is 9.93. The summed E-state index contributed by atoms with van der Waals surface area (Å²) in [5.74, 6) is -2.08. The van der Waals surface area contributed by atoms with Gasteiger partial charge in [-0.15, -0.1) is 0 Å². The van der Waals surface area contributed by atoms with Crippen molar-refractivity contribution in [3.05, 3.63) is 83.7 Å². The summed E-state index contributed by atoms with van der Waals surface area (Å²) in [5, 5.41) is 92.3. The molecule has 87 heavy (non-hydrogen) atoms. The molecule has 4 aliphatic heterocycles. The molecule has 5 heterocycles. The molecular weight excluding hydrogens is 1140 g/mol. The van der Waals surface area contributed by atoms with Gasteiger partial charge in [0.1, 0.15) is 83.9 Å². The molecule has 8 aliphatic rings. The van der Waals surface area contributed by atoms with Gasteiger partial charge in [-0.25, -0.2) is 9.59 Å². The lowest BCUT2D eigenvalue weighted by atomic mass is 9.42. The zero-order chi connectivity index (χ0) is 62.5. The summed E-state index contributed by atoms with van der Waals surface area (Å²) in [6, 6.07) is 12.4. The Balaban J connectivity index is 0.777. The first-order chi connectivity index (χ1) is 41.4. The molecule has 0 amide bonds. The summed E-state index contributed by atoms with van der Waals surface area (Å²) < 4.78 is 80.5. The molecule has 3 saturated carbocycles. The lowest BCUT2D eigenvalue weighted by Gasteiger charge is -2.67. The highest BCUT2D eigenvalue weighted by atomic mass is 16.8. The molecule has 24 nitrogen and oxygen atoms in total. The Hall–Kier alpha value is -3.97. The van der Waals surface area contributed by atoms with Crippen LogP contribution in [0.2, 0.25) is 0 Å². The molecule has 0 spiro atoms. The largest absolute Gasteiger partial charge is 0.458 e. The van der Waals surface area contributed by atoms with Crippen LogP contribution in [-0.2, 0) is 66.4 Å². The van der Waals surface area contributed by atoms with Crippen molar-refractivity contribution >= 4 is 18.0 Å². The maximum absolute atomic E-state index is 14.1. The third kappa shape index (κ3) is 12.0. The maximum Gasteiger partial charge on any atom is 0.339 e. The number of esters is 2. The van der Waals surface area contributed by atoms with E-state index in [1.54, 1.807) is 53.0 Å². The number of aliphatic hydroxyl groups excluding tert-OH is 5. The Kier molecular flexibility index (Phi) is 20.0. The van der Waals surface area contributed by atoms with Crippen LogP contribution in [0.15, 0.2) is 72.6 Å². The highest BCUT2D eigenvalue weighted by Gasteiger charge is 2.81. The highest BCUT2D eigenvalue weighted by molar-refractivity contribution is 5.89. The third-order valence-corrected chi connectivity index (χ3v) is 20.9. The predicted molar refractivity (Wildman–Crippen MR) is 303 cm³/mol. The van der Waals surface area contributed by atoms with Crippen LogP contribution in [0.1, 0.15) is 115 Å². The van der Waals surface area contributed by atoms with E-state index in [1.165, 1.54) is 32.7 Å². The molecule has 484 valence electrons. The number of benzene rings is 1. The summed E-state index contributed by atoms with van der Waals surface area (Å²) in [4.78, 5) is 31.6. The lowest BCUT2D eigenvalue weighted by Crippen LogP contribution is -2.78. The van der Waals surface area contributed by atoms with E-state index in [9.17, 15) is 50.4 Å². The number of methoxy groups -OCH3 is 3. The van der Waals surface area contributed by atoms with Gasteiger partial charge in [-0.2, -0.15) is 0 Å². The number of carbonyl (C=O) groups excluding carboxylic acids is 2. The maximum atomic E-state index is 14.1. The number of hydrogen-bond donors (Lipinski definition) is 8. The van der Waals surface area contributed by atoms with E-state index >= 15 is 0 Å². The SMILES string of the molecule is CO[C@H]1[C@@H](O)[C@H](O[C@H]2[C@@H](OC)C[C@H](O[C@H]3[C@@H](OC)C[C@H](O[C@H]4CC[C@@]5(C)C(=CC[C@]6(O)C5C[C@@H](OC(=O)c5cccnc5)[C@@]5(C)[C@]6(O)CC[C@@]5(O)[C@@H](C)OC(=O)/C=C/c5ccccc5)C4)O[C@@H]3C)O[C@@H]2C)O[C@H](C)[C@H]1O[C@@H]1O[C@H](CO)[C@@H](O)[C@H](O)[C@H]1O. The van der Waals surface area contributed by atoms with Crippen LogP contribution in [0.5, 0.6) is 0 Å². The Morgan fingerprint density at radius 1 is 0.724 bits per heavy atom. The second-order valence-electron chi connectivity index (χ2n) is 25.5. The van der Waals surface area contributed by atoms with E-state index in [0.717, 1.165) is 11.1 Å². The Morgan fingerprint density at radius 3 is 2.01 bits per heavy atom. The molecule has 27 atom stereocenters. The minimum atomic E-state index is -2.04. The van der Waals surface area contributed by atoms with Crippen molar-refractivity contribution < 1.29 is 112 Å². The number of ether oxygens (including phenoxy) is 13. The molecule has 0 radical (unpaired) electrons. The molecule has 4 saturated heterocycles. The predicted octanol–water partition coefficient (Wildman–Crippen LogP) is 2.55. The zero-order valence-corrected chi connectivity index (χ0v) is 50.8. The van der Waals surface area contributed by atoms with Crippen LogP contribution in [0.3, 0.4) is 0 Å². The van der Waals surface area contributed by atoms with Gasteiger partial charge in [0.05, 0.1) is 54.2 Å². The van der Waals surface area contributed by atoms with Gasteiger partial charge in [0.15, 0.2) is 25.2 Å². The second kappa shape index (κ2) is 26.3. The summed E-state index contributed by atoms with van der Waals surface area (Å²) >= 11 is 0. The number of rotatable bonds is 18. The van der Waals surface area contributed by atoms with Crippen molar-refractivity contribution in [2.75, 3.05) is 27.9 Å². The second-order valence-corrected chi connectivity index (χ2v) is 25.5. The van der Waals surface area contributed by atoms with Gasteiger partial charge in [0.25, 0.3) is 0 Å². The zero-order valence-electron chi connectivity index (χ0n) is 50.8. The summed E-state index contributed by atoms with van der Waals surface area (Å²) in [6.07, 6.45) is -11.4. The average Bonchev–Trinajstić information content (AvgIpc) is 1.60. The molecule has 7 fully saturated rings. The molecule has 1 unspecified atom stereocenters. The van der Waals surface area contributed by atoms with Gasteiger partial charge in [-0.05, 0) is 102 Å². The van der Waals surface area contributed by atoms with E-state index < -0.39 is 175 Å². The summed E-state index contributed by atoms with van der Waals surface area (Å²) in [7, 11) is 4.48. The Bertz CT molecular complexity index is 2730. The Morgan fingerprint density at radius 2 is 1.37 bits per heavy atom. The number of aromatic nitrogens is 1. The van der Waals surface area contributed by atoms with Crippen molar-refractivity contribution in [3.63, 3.8) is 0 Å². The average molecular weight is 1230 g/mol. The lowest BCUT2D eigenvalue weighted by molar-refractivity contribution is -0.373. The van der Waals surface area contributed by atoms with E-state index in [-0.39, 0.29) is 43.8 Å². The Labute approximate surface area is 506 Å². The quantitative estimate of drug-likeness (QED) is 0.0604. The molecule has 24 heteroatoms. The van der Waals surface area contributed by atoms with Crippen LogP contribution < -0.4 is 0 Å². The number of hydrogen-bond acceptors (Lipinski definition) is 24. The minimum Gasteiger partial charge on any atom is -0.458 e. The summed E-state index contributed by atoms with van der Waals surface area (Å²) in [5.41, 5.74) is -6.31. The van der Waals surface area contributed by atoms with Crippen LogP contribution in [0.4, 0.5) is 0 Å². The fraction of sp³-hybridized carbons (Fsp3) is 0.730. The normalized spacial score (nSPS) is 45.9. The minimum absolute atomic E-state index is 0.0337.